The van der Waals surface area contributed by atoms with Gasteiger partial charge in [-0.25, -0.2) is 9.86 Å². The van der Waals surface area contributed by atoms with E-state index in [4.69, 9.17) is 16.4 Å². The number of piperidine rings is 1. The molecule has 2 amide bonds. The van der Waals surface area contributed by atoms with Gasteiger partial charge in [0.2, 0.25) is 5.12 Å². The summed E-state index contributed by atoms with van der Waals surface area (Å²) in [5.74, 6) is 0.704. The number of hydroxylamine groups is 2. The summed E-state index contributed by atoms with van der Waals surface area (Å²) < 4.78 is 0. The summed E-state index contributed by atoms with van der Waals surface area (Å²) in [4.78, 5) is 43.5. The maximum atomic E-state index is 12.8. The van der Waals surface area contributed by atoms with Gasteiger partial charge in [-0.2, -0.15) is 0 Å². The van der Waals surface area contributed by atoms with Gasteiger partial charge in [-0.15, -0.1) is 0 Å². The van der Waals surface area contributed by atoms with Gasteiger partial charge in [0.25, 0.3) is 0 Å². The topological polar surface area (TPSA) is 87.2 Å². The molecule has 2 atom stereocenters. The first-order chi connectivity index (χ1) is 17.4. The molecule has 1 saturated heterocycles. The average molecular weight is 541 g/mol. The number of unbranched alkanes of at least 4 members (excludes halogenated alkanes) is 9. The number of carboxylic acid groups (broad SMARTS) is 1. The van der Waals surface area contributed by atoms with E-state index in [0.717, 1.165) is 28.4 Å². The van der Waals surface area contributed by atoms with Crippen LogP contribution in [0.15, 0.2) is 30.3 Å². The van der Waals surface area contributed by atoms with E-state index in [9.17, 15) is 19.5 Å². The van der Waals surface area contributed by atoms with Crippen LogP contribution in [0.1, 0.15) is 89.5 Å². The smallest absolute Gasteiger partial charge is 0.408 e. The molecule has 1 aromatic carbocycles. The first-order valence-electron chi connectivity index (χ1n) is 13.3. The highest BCUT2D eigenvalue weighted by Crippen LogP contribution is 2.27. The number of nitrogens with zero attached hydrogens (tertiary/aromatic N) is 2. The quantitative estimate of drug-likeness (QED) is 0.101. The number of halogens is 1. The number of rotatable bonds is 16. The van der Waals surface area contributed by atoms with Gasteiger partial charge in [-0.1, -0.05) is 107 Å². The third kappa shape index (κ3) is 11.1. The number of hydrogen-bond donors (Lipinski definition) is 1. The predicted octanol–water partition coefficient (Wildman–Crippen LogP) is 7.47. The zero-order chi connectivity index (χ0) is 26.2. The number of carbonyl (C=O) groups is 3. The minimum Gasteiger partial charge on any atom is -0.465 e. The van der Waals surface area contributed by atoms with Crippen LogP contribution in [0, 0.1) is 0 Å². The highest BCUT2D eigenvalue weighted by molar-refractivity contribution is 8.13. The second-order valence-corrected chi connectivity index (χ2v) is 10.8. The normalized spacial score (nSPS) is 17.7. The van der Waals surface area contributed by atoms with Gasteiger partial charge in [0, 0.05) is 12.3 Å². The first-order valence-corrected chi connectivity index (χ1v) is 14.6. The fourth-order valence-electron chi connectivity index (χ4n) is 4.48. The van der Waals surface area contributed by atoms with Crippen LogP contribution in [-0.4, -0.2) is 56.0 Å². The molecule has 1 aromatic rings. The van der Waals surface area contributed by atoms with E-state index in [1.807, 2.05) is 30.3 Å². The van der Waals surface area contributed by atoms with E-state index in [2.05, 4.69) is 6.92 Å². The minimum atomic E-state index is -1.18. The van der Waals surface area contributed by atoms with Crippen molar-refractivity contribution in [2.45, 2.75) is 103 Å². The van der Waals surface area contributed by atoms with Crippen molar-refractivity contribution in [3.8, 4) is 0 Å². The van der Waals surface area contributed by atoms with E-state index in [0.29, 0.717) is 18.6 Å². The van der Waals surface area contributed by atoms with Crippen LogP contribution in [0.2, 0.25) is 0 Å². The Bertz CT molecular complexity index is 798. The van der Waals surface area contributed by atoms with Crippen LogP contribution < -0.4 is 0 Å². The lowest BCUT2D eigenvalue weighted by atomic mass is 9.99. The molecule has 7 nitrogen and oxygen atoms in total. The number of benzene rings is 1. The summed E-state index contributed by atoms with van der Waals surface area (Å²) in [6.07, 6.45) is 11.9. The second-order valence-electron chi connectivity index (χ2n) is 9.37. The Kier molecular flexibility index (Phi) is 14.9. The number of thioether (sulfide) groups is 1. The van der Waals surface area contributed by atoms with E-state index in [1.54, 1.807) is 0 Å². The van der Waals surface area contributed by atoms with Gasteiger partial charge in [0.1, 0.15) is 12.6 Å². The SMILES string of the molecule is CCCCCCCCCCCCSC(=O)[C@@H]1CC[C@@H](N(OCc2ccccc2)C(=O)Cl)CN1C(=O)O. The van der Waals surface area contributed by atoms with Crippen LogP contribution >= 0.6 is 23.4 Å². The molecule has 0 bridgehead atoms. The standard InChI is InChI=1S/C27H41ClN2O5S/c1-2-3-4-5-6-7-8-9-10-14-19-36-25(31)24-18-17-23(20-29(24)27(33)34)30(26(28)32)35-21-22-15-12-11-13-16-22/h11-13,15-16,23-24H,2-10,14,17-21H2,1H3,(H,33,34)/t23-,24+/m1/s1. The van der Waals surface area contributed by atoms with Crippen LogP contribution in [0.4, 0.5) is 9.59 Å². The highest BCUT2D eigenvalue weighted by Gasteiger charge is 2.39. The maximum absolute atomic E-state index is 12.8. The van der Waals surface area contributed by atoms with E-state index >= 15 is 0 Å². The molecule has 1 heterocycles. The number of amides is 2. The fraction of sp³-hybridized carbons (Fsp3) is 0.667. The van der Waals surface area contributed by atoms with Gasteiger partial charge >= 0.3 is 11.5 Å². The highest BCUT2D eigenvalue weighted by atomic mass is 35.5. The molecular formula is C27H41ClN2O5S. The lowest BCUT2D eigenvalue weighted by Gasteiger charge is -2.40. The largest absolute Gasteiger partial charge is 0.465 e. The van der Waals surface area contributed by atoms with Crippen molar-refractivity contribution < 1.29 is 24.3 Å². The zero-order valence-electron chi connectivity index (χ0n) is 21.4. The molecule has 0 spiro atoms. The Balaban J connectivity index is 1.73. The minimum absolute atomic E-state index is 0.0161. The van der Waals surface area contributed by atoms with Crippen LogP contribution in [-0.2, 0) is 16.2 Å². The molecule has 1 aliphatic rings. The van der Waals surface area contributed by atoms with Gasteiger partial charge in [0.15, 0.2) is 0 Å². The van der Waals surface area contributed by atoms with Crippen LogP contribution in [0.3, 0.4) is 0 Å². The van der Waals surface area contributed by atoms with Crippen molar-refractivity contribution in [3.05, 3.63) is 35.9 Å². The van der Waals surface area contributed by atoms with Gasteiger partial charge in [-0.05, 0) is 36.4 Å². The summed E-state index contributed by atoms with van der Waals surface area (Å²) in [7, 11) is 0. The molecule has 1 N–H and O–H groups in total. The number of likely N-dealkylation sites (tertiary alicyclic amines) is 1. The predicted molar refractivity (Wildman–Crippen MR) is 145 cm³/mol. The summed E-state index contributed by atoms with van der Waals surface area (Å²) in [6.45, 7) is 2.35. The van der Waals surface area contributed by atoms with Crippen molar-refractivity contribution in [3.63, 3.8) is 0 Å². The lowest BCUT2D eigenvalue weighted by molar-refractivity contribution is -0.160. The van der Waals surface area contributed by atoms with Crippen molar-refractivity contribution in [1.29, 1.82) is 0 Å². The Morgan fingerprint density at radius 1 is 1.00 bits per heavy atom. The third-order valence-electron chi connectivity index (χ3n) is 6.54. The molecule has 36 heavy (non-hydrogen) atoms. The molecule has 0 unspecified atom stereocenters. The molecule has 2 rings (SSSR count). The van der Waals surface area contributed by atoms with E-state index in [-0.39, 0.29) is 18.3 Å². The Hall–Kier alpha value is -1.77. The molecule has 0 radical (unpaired) electrons. The van der Waals surface area contributed by atoms with Crippen LogP contribution in [0.25, 0.3) is 0 Å². The molecule has 202 valence electrons. The lowest BCUT2D eigenvalue weighted by Crippen LogP contribution is -2.56. The van der Waals surface area contributed by atoms with Crippen molar-refractivity contribution in [1.82, 2.24) is 9.96 Å². The Morgan fingerprint density at radius 2 is 1.61 bits per heavy atom. The fourth-order valence-corrected chi connectivity index (χ4v) is 5.65. The van der Waals surface area contributed by atoms with Crippen molar-refractivity contribution >= 4 is 39.9 Å². The van der Waals surface area contributed by atoms with Gasteiger partial charge in [-0.3, -0.25) is 19.3 Å². The van der Waals surface area contributed by atoms with Gasteiger partial charge in [0.05, 0.1) is 6.04 Å². The Labute approximate surface area is 224 Å². The Morgan fingerprint density at radius 3 is 2.19 bits per heavy atom. The number of hydrogen-bond acceptors (Lipinski definition) is 5. The van der Waals surface area contributed by atoms with E-state index < -0.39 is 23.5 Å². The maximum Gasteiger partial charge on any atom is 0.408 e. The molecule has 9 heteroatoms. The molecular weight excluding hydrogens is 500 g/mol. The first kappa shape index (κ1) is 30.5. The van der Waals surface area contributed by atoms with Crippen molar-refractivity contribution in [2.24, 2.45) is 0 Å². The second kappa shape index (κ2) is 17.6. The molecule has 0 aliphatic carbocycles. The monoisotopic (exact) mass is 540 g/mol. The zero-order valence-corrected chi connectivity index (χ0v) is 23.0. The molecule has 1 fully saturated rings. The van der Waals surface area contributed by atoms with Gasteiger partial charge < -0.3 is 5.11 Å². The van der Waals surface area contributed by atoms with Crippen molar-refractivity contribution in [2.75, 3.05) is 12.3 Å². The summed E-state index contributed by atoms with van der Waals surface area (Å²) in [5, 5.41) is 9.87. The molecule has 0 saturated carbocycles. The summed E-state index contributed by atoms with van der Waals surface area (Å²) >= 11 is 6.98. The average Bonchev–Trinajstić information content (AvgIpc) is 2.87. The van der Waals surface area contributed by atoms with Crippen LogP contribution in [0.5, 0.6) is 0 Å². The summed E-state index contributed by atoms with van der Waals surface area (Å²) in [5.41, 5.74) is 0.864. The van der Waals surface area contributed by atoms with E-state index in [1.165, 1.54) is 63.1 Å². The molecule has 1 aliphatic heterocycles. The third-order valence-corrected chi connectivity index (χ3v) is 7.75. The molecule has 0 aromatic heterocycles. The summed E-state index contributed by atoms with van der Waals surface area (Å²) in [6, 6.07) is 8.07. The number of carbonyl (C=O) groups excluding carboxylic acids is 2.